The predicted molar refractivity (Wildman–Crippen MR) is 187 cm³/mol. The zero-order valence-electron chi connectivity index (χ0n) is 24.4. The lowest BCUT2D eigenvalue weighted by Crippen LogP contribution is -2.28. The van der Waals surface area contributed by atoms with E-state index in [2.05, 4.69) is 146 Å². The van der Waals surface area contributed by atoms with Gasteiger partial charge in [-0.2, -0.15) is 0 Å². The molecule has 0 atom stereocenters. The molecule has 2 heteroatoms. The van der Waals surface area contributed by atoms with Crippen LogP contribution >= 0.6 is 11.6 Å². The molecule has 45 heavy (non-hydrogen) atoms. The summed E-state index contributed by atoms with van der Waals surface area (Å²) in [7, 11) is 0. The zero-order valence-corrected chi connectivity index (χ0v) is 25.1. The van der Waals surface area contributed by atoms with E-state index in [9.17, 15) is 0 Å². The first-order chi connectivity index (χ1) is 22.2. The van der Waals surface area contributed by atoms with E-state index >= 15 is 0 Å². The van der Waals surface area contributed by atoms with Gasteiger partial charge in [-0.1, -0.05) is 145 Å². The minimum Gasteiger partial charge on any atom is -0.456 e. The van der Waals surface area contributed by atoms with Gasteiger partial charge < -0.3 is 4.42 Å². The van der Waals surface area contributed by atoms with Gasteiger partial charge in [0.05, 0.1) is 10.4 Å². The fraction of sp³-hybridized carbons (Fsp3) is 0.0233. The van der Waals surface area contributed by atoms with Crippen LogP contribution in [0, 0.1) is 0 Å². The Balaban J connectivity index is 1.35. The molecule has 1 heterocycles. The fourth-order valence-electron chi connectivity index (χ4n) is 7.54. The molecular weight excluding hydrogens is 568 g/mol. The first kappa shape index (κ1) is 26.1. The number of furan rings is 1. The maximum atomic E-state index is 6.75. The van der Waals surface area contributed by atoms with Crippen molar-refractivity contribution < 1.29 is 4.42 Å². The molecule has 0 spiro atoms. The molecule has 0 saturated carbocycles. The van der Waals surface area contributed by atoms with Crippen molar-refractivity contribution >= 4 is 33.5 Å². The maximum absolute atomic E-state index is 6.75. The molecule has 0 unspecified atom stereocenters. The number of hydrogen-bond donors (Lipinski definition) is 0. The molecule has 0 fully saturated rings. The largest absolute Gasteiger partial charge is 0.456 e. The molecule has 7 aromatic carbocycles. The van der Waals surface area contributed by atoms with Crippen molar-refractivity contribution in [1.82, 2.24) is 0 Å². The molecule has 0 saturated heterocycles. The van der Waals surface area contributed by atoms with Gasteiger partial charge in [0.15, 0.2) is 0 Å². The van der Waals surface area contributed by atoms with Crippen molar-refractivity contribution in [3.05, 3.63) is 191 Å². The van der Waals surface area contributed by atoms with E-state index in [1.54, 1.807) is 0 Å². The van der Waals surface area contributed by atoms with Gasteiger partial charge in [-0.3, -0.25) is 0 Å². The molecule has 1 aromatic heterocycles. The van der Waals surface area contributed by atoms with Crippen molar-refractivity contribution in [3.8, 4) is 33.4 Å². The van der Waals surface area contributed by atoms with Crippen molar-refractivity contribution in [2.75, 3.05) is 0 Å². The Morgan fingerprint density at radius 2 is 1.04 bits per heavy atom. The number of fused-ring (bicyclic) bond motifs is 6. The van der Waals surface area contributed by atoms with Gasteiger partial charge in [-0.05, 0) is 86.0 Å². The van der Waals surface area contributed by atoms with Gasteiger partial charge in [0.2, 0.25) is 0 Å². The van der Waals surface area contributed by atoms with Gasteiger partial charge >= 0.3 is 0 Å². The molecule has 9 rings (SSSR count). The van der Waals surface area contributed by atoms with Crippen LogP contribution in [0.5, 0.6) is 0 Å². The van der Waals surface area contributed by atoms with E-state index in [1.165, 1.54) is 33.4 Å². The second kappa shape index (κ2) is 10.1. The van der Waals surface area contributed by atoms with Gasteiger partial charge in [-0.15, -0.1) is 0 Å². The lowest BCUT2D eigenvalue weighted by molar-refractivity contribution is 0.669. The van der Waals surface area contributed by atoms with Crippen molar-refractivity contribution in [3.63, 3.8) is 0 Å². The van der Waals surface area contributed by atoms with Crippen molar-refractivity contribution in [1.29, 1.82) is 0 Å². The minimum absolute atomic E-state index is 0.423. The molecular formula is C43H27ClO. The normalized spacial score (nSPS) is 13.2. The lowest BCUT2D eigenvalue weighted by atomic mass is 9.67. The Labute approximate surface area is 267 Å². The highest BCUT2D eigenvalue weighted by molar-refractivity contribution is 6.37. The molecule has 1 nitrogen and oxygen atoms in total. The van der Waals surface area contributed by atoms with Gasteiger partial charge in [0, 0.05) is 10.8 Å². The van der Waals surface area contributed by atoms with E-state index in [4.69, 9.17) is 16.0 Å². The second-order valence-corrected chi connectivity index (χ2v) is 12.2. The summed E-state index contributed by atoms with van der Waals surface area (Å²) in [5.41, 5.74) is 13.4. The highest BCUT2D eigenvalue weighted by Crippen LogP contribution is 2.57. The Hall–Kier alpha value is -5.37. The molecule has 0 aliphatic heterocycles. The Morgan fingerprint density at radius 1 is 0.422 bits per heavy atom. The lowest BCUT2D eigenvalue weighted by Gasteiger charge is -2.33. The van der Waals surface area contributed by atoms with Crippen LogP contribution < -0.4 is 0 Å². The molecule has 0 N–H and O–H groups in total. The number of rotatable bonds is 4. The summed E-state index contributed by atoms with van der Waals surface area (Å²) in [5, 5.41) is 2.67. The van der Waals surface area contributed by atoms with Crippen molar-refractivity contribution in [2.45, 2.75) is 5.41 Å². The van der Waals surface area contributed by atoms with Gasteiger partial charge in [0.25, 0.3) is 0 Å². The smallest absolute Gasteiger partial charge is 0.136 e. The molecule has 0 amide bonds. The van der Waals surface area contributed by atoms with Gasteiger partial charge in [0.1, 0.15) is 11.2 Å². The van der Waals surface area contributed by atoms with Gasteiger partial charge in [-0.25, -0.2) is 0 Å². The molecule has 0 radical (unpaired) electrons. The minimum atomic E-state index is -0.423. The quantitative estimate of drug-likeness (QED) is 0.197. The summed E-state index contributed by atoms with van der Waals surface area (Å²) >= 11 is 6.75. The SMILES string of the molecule is Clc1cccc2oc3cc(-c4ccccc4)c(-c4ccc5c(c4)-c4ccccc4C5(c4ccccc4)c4ccccc4)cc3c12. The number of halogens is 1. The summed E-state index contributed by atoms with van der Waals surface area (Å²) in [4.78, 5) is 0. The predicted octanol–water partition coefficient (Wildman–Crippen LogP) is 11.9. The van der Waals surface area contributed by atoms with Crippen LogP contribution in [0.25, 0.3) is 55.3 Å². The third-order valence-electron chi connectivity index (χ3n) is 9.44. The topological polar surface area (TPSA) is 13.1 Å². The highest BCUT2D eigenvalue weighted by atomic mass is 35.5. The highest BCUT2D eigenvalue weighted by Gasteiger charge is 2.46. The van der Waals surface area contributed by atoms with Crippen LogP contribution in [0.4, 0.5) is 0 Å². The van der Waals surface area contributed by atoms with Crippen LogP contribution in [-0.4, -0.2) is 0 Å². The Bertz CT molecular complexity index is 2330. The maximum Gasteiger partial charge on any atom is 0.136 e. The first-order valence-electron chi connectivity index (χ1n) is 15.3. The average molecular weight is 595 g/mol. The number of hydrogen-bond acceptors (Lipinski definition) is 1. The molecule has 1 aliphatic carbocycles. The third-order valence-corrected chi connectivity index (χ3v) is 9.75. The molecule has 212 valence electrons. The fourth-order valence-corrected chi connectivity index (χ4v) is 7.81. The molecule has 1 aliphatic rings. The summed E-state index contributed by atoms with van der Waals surface area (Å²) < 4.78 is 6.35. The van der Waals surface area contributed by atoms with E-state index in [1.807, 2.05) is 18.2 Å². The standard InChI is InChI=1S/C43H27ClO/c44-39-21-12-22-40-42(39)36-26-33(34(27-41(36)45-40)28-13-4-1-5-14-28)29-23-24-38-35(25-29)32-19-10-11-20-37(32)43(38,30-15-6-2-7-16-30)31-17-8-3-9-18-31/h1-27H. The van der Waals surface area contributed by atoms with Crippen LogP contribution in [0.3, 0.4) is 0 Å². The summed E-state index contributed by atoms with van der Waals surface area (Å²) in [5.74, 6) is 0. The van der Waals surface area contributed by atoms with Crippen LogP contribution in [0.2, 0.25) is 5.02 Å². The first-order valence-corrected chi connectivity index (χ1v) is 15.7. The van der Waals surface area contributed by atoms with E-state index in [0.29, 0.717) is 5.02 Å². The summed E-state index contributed by atoms with van der Waals surface area (Å²) in [6.07, 6.45) is 0. The Morgan fingerprint density at radius 3 is 1.78 bits per heavy atom. The van der Waals surface area contributed by atoms with Crippen LogP contribution in [0.15, 0.2) is 168 Å². The third kappa shape index (κ3) is 3.81. The second-order valence-electron chi connectivity index (χ2n) is 11.8. The average Bonchev–Trinajstić information content (AvgIpc) is 3.63. The molecule has 0 bridgehead atoms. The number of benzene rings is 7. The van der Waals surface area contributed by atoms with E-state index < -0.39 is 5.41 Å². The van der Waals surface area contributed by atoms with E-state index in [0.717, 1.165) is 44.2 Å². The van der Waals surface area contributed by atoms with Crippen molar-refractivity contribution in [2.24, 2.45) is 0 Å². The summed E-state index contributed by atoms with van der Waals surface area (Å²) in [6, 6.07) is 58.7. The monoisotopic (exact) mass is 594 g/mol. The summed E-state index contributed by atoms with van der Waals surface area (Å²) in [6.45, 7) is 0. The molecule has 8 aromatic rings. The van der Waals surface area contributed by atoms with E-state index in [-0.39, 0.29) is 0 Å². The Kier molecular flexibility index (Phi) is 5.84. The zero-order chi connectivity index (χ0) is 30.0. The van der Waals surface area contributed by atoms with Crippen LogP contribution in [-0.2, 0) is 5.41 Å². The van der Waals surface area contributed by atoms with Crippen LogP contribution in [0.1, 0.15) is 22.3 Å².